The fraction of sp³-hybridized carbons (Fsp3) is 0.303. The SMILES string of the molecule is CC[C@@]12C(=O)[C@](CC)(C(c3ccccc3)=C1c1ccccc1)[C@H]1C(=O)N(c3cccc(C)c3C)C(=O)[C@H]12. The fourth-order valence-electron chi connectivity index (χ4n) is 7.67. The van der Waals surface area contributed by atoms with E-state index in [0.717, 1.165) is 33.4 Å². The molecule has 0 radical (unpaired) electrons. The van der Waals surface area contributed by atoms with E-state index in [-0.39, 0.29) is 17.6 Å². The van der Waals surface area contributed by atoms with Crippen molar-refractivity contribution in [3.05, 3.63) is 101 Å². The number of carbonyl (C=O) groups is 3. The summed E-state index contributed by atoms with van der Waals surface area (Å²) >= 11 is 0. The van der Waals surface area contributed by atoms with Gasteiger partial charge < -0.3 is 0 Å². The Bertz CT molecular complexity index is 1400. The second-order valence-electron chi connectivity index (χ2n) is 10.6. The zero-order valence-corrected chi connectivity index (χ0v) is 21.7. The van der Waals surface area contributed by atoms with E-state index in [0.29, 0.717) is 18.5 Å². The van der Waals surface area contributed by atoms with Crippen molar-refractivity contribution < 1.29 is 14.4 Å². The van der Waals surface area contributed by atoms with Gasteiger partial charge in [-0.3, -0.25) is 14.4 Å². The molecule has 0 spiro atoms. The Morgan fingerprint density at radius 2 is 1.11 bits per heavy atom. The monoisotopic (exact) mass is 489 g/mol. The van der Waals surface area contributed by atoms with Crippen molar-refractivity contribution in [2.75, 3.05) is 4.90 Å². The summed E-state index contributed by atoms with van der Waals surface area (Å²) < 4.78 is 0. The lowest BCUT2D eigenvalue weighted by Crippen LogP contribution is -2.42. The summed E-state index contributed by atoms with van der Waals surface area (Å²) in [5.41, 5.74) is 4.25. The van der Waals surface area contributed by atoms with Crippen molar-refractivity contribution in [1.29, 1.82) is 0 Å². The Morgan fingerprint density at radius 1 is 0.649 bits per heavy atom. The number of amides is 2. The molecule has 0 aromatic heterocycles. The molecule has 1 aliphatic heterocycles. The van der Waals surface area contributed by atoms with Crippen LogP contribution in [-0.4, -0.2) is 17.6 Å². The number of anilines is 1. The highest BCUT2D eigenvalue weighted by Gasteiger charge is 2.80. The summed E-state index contributed by atoms with van der Waals surface area (Å²) in [6, 6.07) is 25.7. The molecular weight excluding hydrogens is 458 g/mol. The molecule has 3 aromatic rings. The van der Waals surface area contributed by atoms with Gasteiger partial charge in [0.05, 0.1) is 28.4 Å². The largest absolute Gasteiger partial charge is 0.298 e. The number of carbonyl (C=O) groups excluding carboxylic acids is 3. The molecule has 3 aromatic carbocycles. The van der Waals surface area contributed by atoms with Crippen molar-refractivity contribution in [2.45, 2.75) is 40.5 Å². The van der Waals surface area contributed by atoms with Crippen LogP contribution in [0.4, 0.5) is 5.69 Å². The third-order valence-electron chi connectivity index (χ3n) is 9.38. The van der Waals surface area contributed by atoms with E-state index in [2.05, 4.69) is 0 Å². The van der Waals surface area contributed by atoms with E-state index in [1.54, 1.807) is 0 Å². The second kappa shape index (κ2) is 8.11. The lowest BCUT2D eigenvalue weighted by molar-refractivity contribution is -0.134. The Labute approximate surface area is 218 Å². The molecule has 0 unspecified atom stereocenters. The predicted molar refractivity (Wildman–Crippen MR) is 146 cm³/mol. The average Bonchev–Trinajstić information content (AvgIpc) is 3.42. The van der Waals surface area contributed by atoms with Crippen LogP contribution in [0.2, 0.25) is 0 Å². The fourth-order valence-corrected chi connectivity index (χ4v) is 7.67. The predicted octanol–water partition coefficient (Wildman–Crippen LogP) is 6.41. The van der Waals surface area contributed by atoms with E-state index < -0.39 is 22.7 Å². The van der Waals surface area contributed by atoms with E-state index in [1.807, 2.05) is 107 Å². The topological polar surface area (TPSA) is 54.5 Å². The smallest absolute Gasteiger partial charge is 0.239 e. The molecule has 4 atom stereocenters. The molecule has 4 nitrogen and oxygen atoms in total. The summed E-state index contributed by atoms with van der Waals surface area (Å²) in [6.45, 7) is 7.93. The molecule has 2 aliphatic carbocycles. The van der Waals surface area contributed by atoms with Gasteiger partial charge in [0.1, 0.15) is 0 Å². The number of allylic oxidation sites excluding steroid dienone is 2. The van der Waals surface area contributed by atoms with Gasteiger partial charge in [0.15, 0.2) is 5.78 Å². The van der Waals surface area contributed by atoms with Crippen molar-refractivity contribution >= 4 is 34.4 Å². The molecule has 6 rings (SSSR count). The first kappa shape index (κ1) is 23.6. The van der Waals surface area contributed by atoms with E-state index in [1.165, 1.54) is 4.90 Å². The van der Waals surface area contributed by atoms with Crippen LogP contribution < -0.4 is 4.90 Å². The van der Waals surface area contributed by atoms with Gasteiger partial charge in [0.25, 0.3) is 0 Å². The molecule has 1 heterocycles. The van der Waals surface area contributed by atoms with Gasteiger partial charge in [-0.15, -0.1) is 0 Å². The average molecular weight is 490 g/mol. The number of rotatable bonds is 5. The van der Waals surface area contributed by atoms with Gasteiger partial charge in [0.2, 0.25) is 11.8 Å². The Kier molecular flexibility index (Phi) is 5.17. The van der Waals surface area contributed by atoms with Crippen molar-refractivity contribution in [1.82, 2.24) is 0 Å². The van der Waals surface area contributed by atoms with Crippen LogP contribution in [0.3, 0.4) is 0 Å². The standard InChI is InChI=1S/C33H31NO3/c1-5-32-25(22-15-9-7-10-16-22)26(23-17-11-8-12-18-23)33(6-2,31(32)37)28-27(32)29(35)34(30(28)36)24-19-13-14-20(3)21(24)4/h7-19,27-28H,5-6H2,1-4H3/t27-,28+,32-,33-/m1/s1. The van der Waals surface area contributed by atoms with Gasteiger partial charge >= 0.3 is 0 Å². The van der Waals surface area contributed by atoms with Crippen LogP contribution >= 0.6 is 0 Å². The number of aryl methyl sites for hydroxylation is 1. The van der Waals surface area contributed by atoms with Crippen molar-refractivity contribution in [2.24, 2.45) is 22.7 Å². The molecule has 2 amide bonds. The van der Waals surface area contributed by atoms with E-state index >= 15 is 0 Å². The number of imide groups is 1. The number of nitrogens with zero attached hydrogens (tertiary/aromatic N) is 1. The van der Waals surface area contributed by atoms with E-state index in [4.69, 9.17) is 0 Å². The van der Waals surface area contributed by atoms with Gasteiger partial charge in [-0.2, -0.15) is 0 Å². The minimum Gasteiger partial charge on any atom is -0.298 e. The van der Waals surface area contributed by atoms with Crippen LogP contribution in [-0.2, 0) is 14.4 Å². The molecule has 0 N–H and O–H groups in total. The lowest BCUT2D eigenvalue weighted by Gasteiger charge is -2.38. The highest BCUT2D eigenvalue weighted by atomic mass is 16.2. The summed E-state index contributed by atoms with van der Waals surface area (Å²) in [5, 5.41) is 0. The molecule has 1 saturated heterocycles. The maximum Gasteiger partial charge on any atom is 0.239 e. The number of fused-ring (bicyclic) bond motifs is 5. The number of Topliss-reactive ketones (excluding diaryl/α,β-unsaturated/α-hetero) is 1. The first-order valence-corrected chi connectivity index (χ1v) is 13.2. The van der Waals surface area contributed by atoms with Crippen molar-refractivity contribution in [3.63, 3.8) is 0 Å². The maximum absolute atomic E-state index is 14.7. The minimum atomic E-state index is -1.05. The molecule has 1 saturated carbocycles. The molecular formula is C33H31NO3. The summed E-state index contributed by atoms with van der Waals surface area (Å²) in [6.07, 6.45) is 0.934. The van der Waals surface area contributed by atoms with E-state index in [9.17, 15) is 14.4 Å². The van der Waals surface area contributed by atoms with Crippen LogP contribution in [0.15, 0.2) is 78.9 Å². The molecule has 4 heteroatoms. The second-order valence-corrected chi connectivity index (χ2v) is 10.6. The number of ketones is 1. The first-order valence-electron chi connectivity index (χ1n) is 13.2. The van der Waals surface area contributed by atoms with Crippen LogP contribution in [0.25, 0.3) is 11.1 Å². The zero-order valence-electron chi connectivity index (χ0n) is 21.7. The molecule has 2 bridgehead atoms. The Balaban J connectivity index is 1.68. The van der Waals surface area contributed by atoms with Gasteiger partial charge in [-0.1, -0.05) is 86.6 Å². The van der Waals surface area contributed by atoms with Crippen LogP contribution in [0.1, 0.15) is 48.9 Å². The molecule has 3 aliphatic rings. The summed E-state index contributed by atoms with van der Waals surface area (Å²) in [5.74, 6) is -1.86. The number of hydrogen-bond donors (Lipinski definition) is 0. The summed E-state index contributed by atoms with van der Waals surface area (Å²) in [7, 11) is 0. The van der Waals surface area contributed by atoms with Crippen molar-refractivity contribution in [3.8, 4) is 0 Å². The molecule has 186 valence electrons. The minimum absolute atomic E-state index is 0.0417. The van der Waals surface area contributed by atoms with Crippen LogP contribution in [0.5, 0.6) is 0 Å². The maximum atomic E-state index is 14.7. The summed E-state index contributed by atoms with van der Waals surface area (Å²) in [4.78, 5) is 44.9. The third kappa shape index (κ3) is 2.71. The quantitative estimate of drug-likeness (QED) is 0.389. The number of benzene rings is 3. The normalized spacial score (nSPS) is 28.4. The van der Waals surface area contributed by atoms with Gasteiger partial charge in [0, 0.05) is 0 Å². The molecule has 37 heavy (non-hydrogen) atoms. The first-order chi connectivity index (χ1) is 17.9. The lowest BCUT2D eigenvalue weighted by atomic mass is 9.60. The highest BCUT2D eigenvalue weighted by molar-refractivity contribution is 6.34. The number of hydrogen-bond acceptors (Lipinski definition) is 3. The highest BCUT2D eigenvalue weighted by Crippen LogP contribution is 2.75. The van der Waals surface area contributed by atoms with Gasteiger partial charge in [-0.25, -0.2) is 4.90 Å². The zero-order chi connectivity index (χ0) is 26.1. The Morgan fingerprint density at radius 3 is 1.54 bits per heavy atom. The Hall–Kier alpha value is -3.79. The van der Waals surface area contributed by atoms with Crippen LogP contribution in [0, 0.1) is 36.5 Å². The molecule has 2 fully saturated rings. The third-order valence-corrected chi connectivity index (χ3v) is 9.38. The van der Waals surface area contributed by atoms with Gasteiger partial charge in [-0.05, 0) is 66.2 Å².